The third kappa shape index (κ3) is 3.78. The van der Waals surface area contributed by atoms with Crippen LogP contribution in [0.2, 0.25) is 0 Å². The van der Waals surface area contributed by atoms with Crippen molar-refractivity contribution in [3.05, 3.63) is 53.6 Å². The van der Waals surface area contributed by atoms with E-state index in [1.54, 1.807) is 18.2 Å². The molecule has 0 atom stereocenters. The summed E-state index contributed by atoms with van der Waals surface area (Å²) >= 11 is 0. The molecule has 3 N–H and O–H groups in total. The molecule has 0 aromatic heterocycles. The van der Waals surface area contributed by atoms with Crippen LogP contribution in [0.4, 0.5) is 17.1 Å². The number of nitrogens with one attached hydrogen (secondary N) is 1. The van der Waals surface area contributed by atoms with Crippen molar-refractivity contribution in [3.63, 3.8) is 0 Å². The fourth-order valence-electron chi connectivity index (χ4n) is 2.21. The van der Waals surface area contributed by atoms with Crippen LogP contribution in [-0.4, -0.2) is 17.7 Å². The molecule has 0 spiro atoms. The molecule has 0 heterocycles. The summed E-state index contributed by atoms with van der Waals surface area (Å²) in [6.07, 6.45) is 0. The van der Waals surface area contributed by atoms with Gasteiger partial charge in [0.15, 0.2) is 0 Å². The highest BCUT2D eigenvalue weighted by atomic mass is 16.2. The Morgan fingerprint density at radius 1 is 1.00 bits per heavy atom. The summed E-state index contributed by atoms with van der Waals surface area (Å²) in [5.41, 5.74) is 8.70. The second-order valence-electron chi connectivity index (χ2n) is 5.52. The van der Waals surface area contributed by atoms with E-state index >= 15 is 0 Å². The molecule has 0 saturated heterocycles. The molecule has 0 fully saturated rings. The third-order valence-electron chi connectivity index (χ3n) is 3.50. The van der Waals surface area contributed by atoms with Gasteiger partial charge in [0.25, 0.3) is 0 Å². The average molecular weight is 325 g/mol. The molecular weight excluding hydrogens is 306 g/mol. The van der Waals surface area contributed by atoms with E-state index in [1.165, 1.54) is 19.1 Å². The van der Waals surface area contributed by atoms with Crippen molar-refractivity contribution in [2.24, 2.45) is 0 Å². The van der Waals surface area contributed by atoms with E-state index in [0.717, 1.165) is 16.0 Å². The summed E-state index contributed by atoms with van der Waals surface area (Å²) in [5.74, 6) is -2.38. The van der Waals surface area contributed by atoms with Crippen molar-refractivity contribution in [3.8, 4) is 0 Å². The predicted octanol–water partition coefficient (Wildman–Crippen LogP) is 2.40. The lowest BCUT2D eigenvalue weighted by atomic mass is 10.1. The lowest BCUT2D eigenvalue weighted by Gasteiger charge is -2.19. The maximum Gasteiger partial charge on any atom is 0.323 e. The van der Waals surface area contributed by atoms with Crippen molar-refractivity contribution in [2.45, 2.75) is 20.8 Å². The summed E-state index contributed by atoms with van der Waals surface area (Å²) < 4.78 is 0. The van der Waals surface area contributed by atoms with Crippen LogP contribution in [0.5, 0.6) is 0 Å². The van der Waals surface area contributed by atoms with E-state index in [1.807, 2.05) is 26.0 Å². The van der Waals surface area contributed by atoms with E-state index in [4.69, 9.17) is 5.73 Å². The minimum atomic E-state index is -0.951. The molecule has 2 aromatic carbocycles. The number of anilines is 3. The van der Waals surface area contributed by atoms with Gasteiger partial charge < -0.3 is 11.1 Å². The largest absolute Gasteiger partial charge is 0.399 e. The van der Waals surface area contributed by atoms with Crippen molar-refractivity contribution in [2.75, 3.05) is 16.0 Å². The molecule has 24 heavy (non-hydrogen) atoms. The summed E-state index contributed by atoms with van der Waals surface area (Å²) in [4.78, 5) is 37.4. The monoisotopic (exact) mass is 325 g/mol. The molecule has 2 aromatic rings. The number of nitrogen functional groups attached to an aromatic ring is 1. The van der Waals surface area contributed by atoms with Crippen molar-refractivity contribution in [1.29, 1.82) is 0 Å². The third-order valence-corrected chi connectivity index (χ3v) is 3.50. The fourth-order valence-corrected chi connectivity index (χ4v) is 2.21. The number of carbonyl (C=O) groups is 3. The highest BCUT2D eigenvalue weighted by Gasteiger charge is 2.27. The van der Waals surface area contributed by atoms with Gasteiger partial charge in [0.1, 0.15) is 0 Å². The molecule has 3 amide bonds. The average Bonchev–Trinajstić information content (AvgIpc) is 2.52. The molecule has 0 aliphatic rings. The number of carbonyl (C=O) groups excluding carboxylic acids is 3. The van der Waals surface area contributed by atoms with E-state index in [2.05, 4.69) is 5.32 Å². The number of rotatable bonds is 2. The van der Waals surface area contributed by atoms with Gasteiger partial charge in [0.2, 0.25) is 5.91 Å². The first-order chi connectivity index (χ1) is 11.3. The lowest BCUT2D eigenvalue weighted by molar-refractivity contribution is -0.136. The number of hydrogen-bond acceptors (Lipinski definition) is 4. The molecule has 2 rings (SSSR count). The minimum Gasteiger partial charge on any atom is -0.399 e. The van der Waals surface area contributed by atoms with Crippen molar-refractivity contribution in [1.82, 2.24) is 0 Å². The van der Waals surface area contributed by atoms with Crippen LogP contribution in [0.3, 0.4) is 0 Å². The van der Waals surface area contributed by atoms with Gasteiger partial charge in [-0.25, -0.2) is 4.90 Å². The minimum absolute atomic E-state index is 0.290. The summed E-state index contributed by atoms with van der Waals surface area (Å²) in [6.45, 7) is 4.93. The van der Waals surface area contributed by atoms with Gasteiger partial charge in [-0.1, -0.05) is 12.1 Å². The molecule has 6 nitrogen and oxygen atoms in total. The van der Waals surface area contributed by atoms with E-state index in [-0.39, 0.29) is 5.69 Å². The standard InChI is InChI=1S/C18H19N3O3/c1-11-4-5-12(2)16(10-11)20-17(23)18(24)21(13(3)22)15-8-6-14(19)7-9-15/h4-10H,19H2,1-3H3,(H,20,23). The van der Waals surface area contributed by atoms with Gasteiger partial charge in [-0.2, -0.15) is 0 Å². The zero-order valence-electron chi connectivity index (χ0n) is 13.8. The van der Waals surface area contributed by atoms with Gasteiger partial charge in [0, 0.05) is 18.3 Å². The van der Waals surface area contributed by atoms with Crippen LogP contribution < -0.4 is 16.0 Å². The molecule has 0 aliphatic carbocycles. The van der Waals surface area contributed by atoms with Gasteiger partial charge in [-0.3, -0.25) is 14.4 Å². The summed E-state index contributed by atoms with van der Waals surface area (Å²) in [5, 5.41) is 2.56. The Bertz CT molecular complexity index is 798. The Kier molecular flexibility index (Phi) is 4.99. The van der Waals surface area contributed by atoms with Crippen LogP contribution in [0.15, 0.2) is 42.5 Å². The molecule has 6 heteroatoms. The zero-order valence-corrected chi connectivity index (χ0v) is 13.8. The number of amides is 3. The highest BCUT2D eigenvalue weighted by molar-refractivity contribution is 6.48. The normalized spacial score (nSPS) is 10.1. The Morgan fingerprint density at radius 3 is 2.21 bits per heavy atom. The van der Waals surface area contributed by atoms with E-state index < -0.39 is 17.7 Å². The van der Waals surface area contributed by atoms with Crippen LogP contribution in [0, 0.1) is 13.8 Å². The Morgan fingerprint density at radius 2 is 1.62 bits per heavy atom. The number of hydrogen-bond donors (Lipinski definition) is 2. The van der Waals surface area contributed by atoms with Crippen LogP contribution in [0.25, 0.3) is 0 Å². The van der Waals surface area contributed by atoms with Gasteiger partial charge >= 0.3 is 11.8 Å². The van der Waals surface area contributed by atoms with Gasteiger partial charge in [-0.05, 0) is 55.3 Å². The molecule has 124 valence electrons. The highest BCUT2D eigenvalue weighted by Crippen LogP contribution is 2.19. The first kappa shape index (κ1) is 17.2. The van der Waals surface area contributed by atoms with Gasteiger partial charge in [-0.15, -0.1) is 0 Å². The lowest BCUT2D eigenvalue weighted by Crippen LogP contribution is -2.42. The SMILES string of the molecule is CC(=O)N(C(=O)C(=O)Nc1cc(C)ccc1C)c1ccc(N)cc1. The van der Waals surface area contributed by atoms with Crippen LogP contribution in [0.1, 0.15) is 18.1 Å². The number of imide groups is 1. The van der Waals surface area contributed by atoms with E-state index in [0.29, 0.717) is 11.4 Å². The second-order valence-corrected chi connectivity index (χ2v) is 5.52. The molecule has 0 bridgehead atoms. The molecule has 0 aliphatic heterocycles. The molecule has 0 radical (unpaired) electrons. The molecule has 0 saturated carbocycles. The summed E-state index contributed by atoms with van der Waals surface area (Å²) in [6, 6.07) is 11.7. The van der Waals surface area contributed by atoms with Crippen LogP contribution in [-0.2, 0) is 14.4 Å². The van der Waals surface area contributed by atoms with E-state index in [9.17, 15) is 14.4 Å². The first-order valence-electron chi connectivity index (χ1n) is 7.38. The van der Waals surface area contributed by atoms with Crippen LogP contribution >= 0.6 is 0 Å². The maximum atomic E-state index is 12.4. The smallest absolute Gasteiger partial charge is 0.323 e. The van der Waals surface area contributed by atoms with Crippen molar-refractivity contribution >= 4 is 34.8 Å². The molecule has 0 unspecified atom stereocenters. The Labute approximate surface area is 140 Å². The topological polar surface area (TPSA) is 92.5 Å². The van der Waals surface area contributed by atoms with Gasteiger partial charge in [0.05, 0.1) is 5.69 Å². The van der Waals surface area contributed by atoms with Crippen molar-refractivity contribution < 1.29 is 14.4 Å². The zero-order chi connectivity index (χ0) is 17.9. The fraction of sp³-hybridized carbons (Fsp3) is 0.167. The molecular formula is C18H19N3O3. The number of nitrogens with zero attached hydrogens (tertiary/aromatic N) is 1. The Balaban J connectivity index is 2.26. The number of benzene rings is 2. The Hall–Kier alpha value is -3.15. The first-order valence-corrected chi connectivity index (χ1v) is 7.38. The summed E-state index contributed by atoms with van der Waals surface area (Å²) in [7, 11) is 0. The number of aryl methyl sites for hydroxylation is 2. The quantitative estimate of drug-likeness (QED) is 0.655. The predicted molar refractivity (Wildman–Crippen MR) is 93.6 cm³/mol. The number of nitrogens with two attached hydrogens (primary N) is 1. The maximum absolute atomic E-state index is 12.4. The second kappa shape index (κ2) is 6.95.